The highest BCUT2D eigenvalue weighted by molar-refractivity contribution is 8.02. The van der Waals surface area contributed by atoms with Gasteiger partial charge in [-0.1, -0.05) is 0 Å². The first kappa shape index (κ1) is 15.2. The summed E-state index contributed by atoms with van der Waals surface area (Å²) in [7, 11) is 1.50. The van der Waals surface area contributed by atoms with E-state index in [9.17, 15) is 19.5 Å². The average Bonchev–Trinajstić information content (AvgIpc) is 2.63. The van der Waals surface area contributed by atoms with Gasteiger partial charge in [0.1, 0.15) is 5.84 Å². The van der Waals surface area contributed by atoms with Crippen LogP contribution in [-0.4, -0.2) is 52.7 Å². The molecular formula is C10H14N4O4S. The lowest BCUT2D eigenvalue weighted by atomic mass is 10.3. The van der Waals surface area contributed by atoms with Gasteiger partial charge in [-0.3, -0.25) is 24.7 Å². The van der Waals surface area contributed by atoms with Gasteiger partial charge in [0.25, 0.3) is 17.7 Å². The van der Waals surface area contributed by atoms with Crippen LogP contribution in [-0.2, 0) is 14.4 Å². The van der Waals surface area contributed by atoms with E-state index in [2.05, 4.69) is 10.3 Å². The first-order valence-corrected chi connectivity index (χ1v) is 6.14. The normalized spacial score (nSPS) is 17.0. The Bertz CT molecular complexity index is 474. The first-order valence-electron chi connectivity index (χ1n) is 5.37. The number of primary amides is 1. The minimum atomic E-state index is -1.57. The van der Waals surface area contributed by atoms with Crippen molar-refractivity contribution in [1.82, 2.24) is 9.62 Å². The number of amidine groups is 1. The smallest absolute Gasteiger partial charge is 0.266 e. The van der Waals surface area contributed by atoms with Crippen LogP contribution in [0.3, 0.4) is 0 Å². The summed E-state index contributed by atoms with van der Waals surface area (Å²) in [5, 5.41) is 11.7. The SMILES string of the molecule is CCN=C(C(O)C(N)=O)N(C)SC1=CC(=O)NC1=O. The zero-order valence-corrected chi connectivity index (χ0v) is 11.2. The highest BCUT2D eigenvalue weighted by atomic mass is 32.2. The van der Waals surface area contributed by atoms with Gasteiger partial charge < -0.3 is 15.1 Å². The van der Waals surface area contributed by atoms with E-state index in [0.717, 1.165) is 18.0 Å². The van der Waals surface area contributed by atoms with Crippen LogP contribution in [0.15, 0.2) is 16.0 Å². The van der Waals surface area contributed by atoms with Crippen molar-refractivity contribution in [2.24, 2.45) is 10.7 Å². The molecule has 9 heteroatoms. The minimum Gasteiger partial charge on any atom is -0.376 e. The zero-order chi connectivity index (χ0) is 14.6. The summed E-state index contributed by atoms with van der Waals surface area (Å²) in [5.74, 6) is -1.97. The van der Waals surface area contributed by atoms with Crippen molar-refractivity contribution < 1.29 is 19.5 Å². The van der Waals surface area contributed by atoms with Gasteiger partial charge in [-0.05, 0) is 18.9 Å². The maximum Gasteiger partial charge on any atom is 0.266 e. The van der Waals surface area contributed by atoms with E-state index in [4.69, 9.17) is 5.73 Å². The molecule has 0 radical (unpaired) electrons. The summed E-state index contributed by atoms with van der Waals surface area (Å²) >= 11 is 0.876. The van der Waals surface area contributed by atoms with Crippen molar-refractivity contribution >= 4 is 35.5 Å². The number of rotatable bonds is 5. The van der Waals surface area contributed by atoms with Crippen LogP contribution >= 0.6 is 11.9 Å². The fraction of sp³-hybridized carbons (Fsp3) is 0.400. The standard InChI is InChI=1S/C10H14N4O4S/c1-3-12-9(7(16)8(11)17)14(2)19-5-4-6(15)13-10(5)18/h4,7,16H,3H2,1-2H3,(H2,11,17)(H,13,15,18). The minimum absolute atomic E-state index is 0.0213. The van der Waals surface area contributed by atoms with Crippen molar-refractivity contribution in [1.29, 1.82) is 0 Å². The molecule has 0 saturated carbocycles. The fourth-order valence-electron chi connectivity index (χ4n) is 1.30. The highest BCUT2D eigenvalue weighted by Gasteiger charge is 2.27. The molecule has 0 aliphatic carbocycles. The van der Waals surface area contributed by atoms with Gasteiger partial charge in [-0.2, -0.15) is 0 Å². The van der Waals surface area contributed by atoms with Gasteiger partial charge in [-0.15, -0.1) is 0 Å². The molecule has 0 spiro atoms. The Morgan fingerprint density at radius 3 is 2.68 bits per heavy atom. The molecule has 4 N–H and O–H groups in total. The van der Waals surface area contributed by atoms with E-state index in [1.54, 1.807) is 6.92 Å². The average molecular weight is 286 g/mol. The Kier molecular flexibility index (Phi) is 5.07. The zero-order valence-electron chi connectivity index (χ0n) is 10.4. The molecule has 1 aliphatic heterocycles. The summed E-state index contributed by atoms with van der Waals surface area (Å²) in [6.07, 6.45) is -0.442. The molecule has 0 fully saturated rings. The van der Waals surface area contributed by atoms with Crippen LogP contribution in [0.2, 0.25) is 0 Å². The molecule has 0 aromatic rings. The highest BCUT2D eigenvalue weighted by Crippen LogP contribution is 2.23. The second-order valence-electron chi connectivity index (χ2n) is 3.55. The molecule has 104 valence electrons. The molecule has 0 bridgehead atoms. The van der Waals surface area contributed by atoms with Crippen LogP contribution in [0.25, 0.3) is 0 Å². The first-order chi connectivity index (χ1) is 8.86. The molecule has 1 rings (SSSR count). The summed E-state index contributed by atoms with van der Waals surface area (Å²) in [5.41, 5.74) is 5.01. The molecule has 8 nitrogen and oxygen atoms in total. The molecule has 1 unspecified atom stereocenters. The number of hydrogen-bond acceptors (Lipinski definition) is 6. The molecule has 19 heavy (non-hydrogen) atoms. The predicted octanol–water partition coefficient (Wildman–Crippen LogP) is -1.63. The number of aliphatic imine (C=N–C) groups is 1. The Balaban J connectivity index is 2.84. The molecule has 0 aromatic heterocycles. The van der Waals surface area contributed by atoms with Gasteiger partial charge in [0.2, 0.25) is 0 Å². The lowest BCUT2D eigenvalue weighted by Crippen LogP contribution is -2.42. The van der Waals surface area contributed by atoms with Crippen molar-refractivity contribution in [3.05, 3.63) is 11.0 Å². The molecule has 0 saturated heterocycles. The van der Waals surface area contributed by atoms with E-state index in [1.807, 2.05) is 0 Å². The Hall–Kier alpha value is -1.87. The number of aliphatic hydroxyl groups excluding tert-OH is 1. The van der Waals surface area contributed by atoms with Crippen LogP contribution in [0.5, 0.6) is 0 Å². The number of amides is 3. The Morgan fingerprint density at radius 2 is 2.26 bits per heavy atom. The molecule has 0 aromatic carbocycles. The van der Waals surface area contributed by atoms with Crippen molar-refractivity contribution in [2.45, 2.75) is 13.0 Å². The monoisotopic (exact) mass is 286 g/mol. The maximum absolute atomic E-state index is 11.4. The fourth-order valence-corrected chi connectivity index (χ4v) is 2.14. The van der Waals surface area contributed by atoms with Crippen LogP contribution < -0.4 is 11.1 Å². The third-order valence-electron chi connectivity index (χ3n) is 2.11. The van der Waals surface area contributed by atoms with Crippen LogP contribution in [0, 0.1) is 0 Å². The molecule has 1 aliphatic rings. The third-order valence-corrected chi connectivity index (χ3v) is 3.08. The molecule has 1 heterocycles. The van der Waals surface area contributed by atoms with Gasteiger partial charge in [0, 0.05) is 19.7 Å². The number of nitrogens with one attached hydrogen (secondary N) is 1. The second kappa shape index (κ2) is 6.34. The van der Waals surface area contributed by atoms with E-state index in [0.29, 0.717) is 6.54 Å². The number of nitrogens with zero attached hydrogens (tertiary/aromatic N) is 2. The van der Waals surface area contributed by atoms with E-state index < -0.39 is 23.8 Å². The van der Waals surface area contributed by atoms with Crippen LogP contribution in [0.4, 0.5) is 0 Å². The quantitative estimate of drug-likeness (QED) is 0.241. The van der Waals surface area contributed by atoms with Crippen LogP contribution in [0.1, 0.15) is 6.92 Å². The van der Waals surface area contributed by atoms with Crippen molar-refractivity contribution in [3.63, 3.8) is 0 Å². The number of hydrogen-bond donors (Lipinski definition) is 3. The van der Waals surface area contributed by atoms with Gasteiger partial charge in [-0.25, -0.2) is 0 Å². The van der Waals surface area contributed by atoms with Gasteiger partial charge in [0.15, 0.2) is 6.10 Å². The lowest BCUT2D eigenvalue weighted by Gasteiger charge is -2.22. The topological polar surface area (TPSA) is 125 Å². The largest absolute Gasteiger partial charge is 0.376 e. The Labute approximate surface area is 113 Å². The maximum atomic E-state index is 11.4. The summed E-state index contributed by atoms with van der Waals surface area (Å²) in [6, 6.07) is 0. The van der Waals surface area contributed by atoms with Gasteiger partial charge >= 0.3 is 0 Å². The summed E-state index contributed by atoms with van der Waals surface area (Å²) in [4.78, 5) is 37.4. The summed E-state index contributed by atoms with van der Waals surface area (Å²) in [6.45, 7) is 2.05. The predicted molar refractivity (Wildman–Crippen MR) is 69.8 cm³/mol. The number of imide groups is 1. The van der Waals surface area contributed by atoms with Gasteiger partial charge in [0.05, 0.1) is 4.91 Å². The van der Waals surface area contributed by atoms with Crippen molar-refractivity contribution in [3.8, 4) is 0 Å². The molecule has 1 atom stereocenters. The number of carbonyl (C=O) groups excluding carboxylic acids is 3. The van der Waals surface area contributed by atoms with E-state index in [-0.39, 0.29) is 10.7 Å². The van der Waals surface area contributed by atoms with Crippen molar-refractivity contribution in [2.75, 3.05) is 13.6 Å². The number of aliphatic hydroxyl groups is 1. The summed E-state index contributed by atoms with van der Waals surface area (Å²) < 4.78 is 1.32. The molecule has 3 amide bonds. The Morgan fingerprint density at radius 1 is 1.63 bits per heavy atom. The third kappa shape index (κ3) is 3.80. The number of carbonyl (C=O) groups is 3. The lowest BCUT2D eigenvalue weighted by molar-refractivity contribution is -0.124. The van der Waals surface area contributed by atoms with E-state index >= 15 is 0 Å². The molecular weight excluding hydrogens is 272 g/mol. The van der Waals surface area contributed by atoms with E-state index in [1.165, 1.54) is 11.4 Å². The second-order valence-corrected chi connectivity index (χ2v) is 4.72. The number of nitrogens with two attached hydrogens (primary N) is 1. The number of likely N-dealkylation sites (N-methyl/N-ethyl adjacent to an activating group) is 1.